The van der Waals surface area contributed by atoms with Crippen LogP contribution in [0.4, 0.5) is 8.78 Å². The minimum absolute atomic E-state index is 0.0548. The molecule has 13 heavy (non-hydrogen) atoms. The molecule has 0 saturated heterocycles. The third-order valence-electron chi connectivity index (χ3n) is 1.44. The maximum absolute atomic E-state index is 12.3. The second-order valence-corrected chi connectivity index (χ2v) is 3.49. The lowest BCUT2D eigenvalue weighted by Gasteiger charge is -2.03. The van der Waals surface area contributed by atoms with Crippen molar-refractivity contribution in [1.29, 1.82) is 5.26 Å². The molecule has 0 bridgehead atoms. The van der Waals surface area contributed by atoms with Crippen molar-refractivity contribution in [3.8, 4) is 6.07 Å². The van der Waals surface area contributed by atoms with Gasteiger partial charge in [0.05, 0.1) is 18.2 Å². The van der Waals surface area contributed by atoms with Crippen molar-refractivity contribution in [3.05, 3.63) is 27.1 Å². The molecule has 68 valence electrons. The van der Waals surface area contributed by atoms with Crippen LogP contribution >= 0.6 is 22.6 Å². The Morgan fingerprint density at radius 1 is 1.62 bits per heavy atom. The van der Waals surface area contributed by atoms with Gasteiger partial charge in [-0.15, -0.1) is 0 Å². The van der Waals surface area contributed by atoms with E-state index in [2.05, 4.69) is 4.98 Å². The predicted octanol–water partition coefficient (Wildman–Crippen LogP) is 2.69. The first-order valence-electron chi connectivity index (χ1n) is 3.44. The van der Waals surface area contributed by atoms with E-state index in [1.165, 1.54) is 12.3 Å². The zero-order valence-corrected chi connectivity index (χ0v) is 8.62. The van der Waals surface area contributed by atoms with Gasteiger partial charge in [-0.2, -0.15) is 5.26 Å². The highest BCUT2D eigenvalue weighted by Crippen LogP contribution is 2.24. The molecular formula is C8H5F2IN2. The first kappa shape index (κ1) is 10.3. The highest BCUT2D eigenvalue weighted by Gasteiger charge is 2.12. The molecule has 0 unspecified atom stereocenters. The van der Waals surface area contributed by atoms with Crippen LogP contribution in [-0.2, 0) is 6.42 Å². The topological polar surface area (TPSA) is 36.7 Å². The molecule has 0 saturated carbocycles. The van der Waals surface area contributed by atoms with Crippen LogP contribution in [-0.4, -0.2) is 4.98 Å². The minimum atomic E-state index is -2.51. The fourth-order valence-electron chi connectivity index (χ4n) is 0.845. The molecule has 0 spiro atoms. The summed E-state index contributed by atoms with van der Waals surface area (Å²) in [4.78, 5) is 3.85. The van der Waals surface area contributed by atoms with E-state index in [-0.39, 0.29) is 12.0 Å². The number of alkyl halides is 2. The number of halogens is 3. The second-order valence-electron chi connectivity index (χ2n) is 2.33. The van der Waals surface area contributed by atoms with Gasteiger partial charge in [0, 0.05) is 15.3 Å². The number of nitriles is 1. The van der Waals surface area contributed by atoms with Gasteiger partial charge < -0.3 is 0 Å². The van der Waals surface area contributed by atoms with Gasteiger partial charge in [0.15, 0.2) is 0 Å². The second kappa shape index (κ2) is 4.46. The van der Waals surface area contributed by atoms with Crippen LogP contribution in [0.25, 0.3) is 0 Å². The molecular weight excluding hydrogens is 289 g/mol. The molecule has 0 N–H and O–H groups in total. The van der Waals surface area contributed by atoms with Crippen LogP contribution in [0.2, 0.25) is 0 Å². The fourth-order valence-corrected chi connectivity index (χ4v) is 1.38. The largest absolute Gasteiger partial charge is 0.264 e. The number of nitrogens with zero attached hydrogens (tertiary/aromatic N) is 2. The Labute approximate surface area is 87.7 Å². The summed E-state index contributed by atoms with van der Waals surface area (Å²) in [5.41, 5.74) is 0.332. The summed E-state index contributed by atoms with van der Waals surface area (Å²) in [5.74, 6) is 0. The predicted molar refractivity (Wildman–Crippen MR) is 51.2 cm³/mol. The lowest BCUT2D eigenvalue weighted by molar-refractivity contribution is 0.150. The summed E-state index contributed by atoms with van der Waals surface area (Å²) in [6, 6.07) is 3.13. The molecule has 0 fully saturated rings. The van der Waals surface area contributed by atoms with Crippen LogP contribution in [0.15, 0.2) is 12.3 Å². The van der Waals surface area contributed by atoms with E-state index in [1.54, 1.807) is 22.6 Å². The fraction of sp³-hybridized carbons (Fsp3) is 0.250. The lowest BCUT2D eigenvalue weighted by atomic mass is 10.2. The maximum atomic E-state index is 12.3. The van der Waals surface area contributed by atoms with Crippen molar-refractivity contribution in [1.82, 2.24) is 4.98 Å². The van der Waals surface area contributed by atoms with Crippen molar-refractivity contribution in [2.45, 2.75) is 12.8 Å². The smallest absolute Gasteiger partial charge is 0.259 e. The average molecular weight is 294 g/mol. The first-order chi connectivity index (χ1) is 6.15. The molecule has 2 nitrogen and oxygen atoms in total. The van der Waals surface area contributed by atoms with Crippen LogP contribution < -0.4 is 0 Å². The monoisotopic (exact) mass is 294 g/mol. The van der Waals surface area contributed by atoms with E-state index < -0.39 is 6.43 Å². The first-order valence-corrected chi connectivity index (χ1v) is 4.52. The van der Waals surface area contributed by atoms with E-state index >= 15 is 0 Å². The summed E-state index contributed by atoms with van der Waals surface area (Å²) in [7, 11) is 0. The molecule has 0 aliphatic rings. The van der Waals surface area contributed by atoms with Gasteiger partial charge in [-0.3, -0.25) is 4.98 Å². The summed E-state index contributed by atoms with van der Waals surface area (Å²) in [6.07, 6.45) is -1.09. The van der Waals surface area contributed by atoms with Gasteiger partial charge in [0.25, 0.3) is 6.43 Å². The quantitative estimate of drug-likeness (QED) is 0.786. The highest BCUT2D eigenvalue weighted by atomic mass is 127. The van der Waals surface area contributed by atoms with Gasteiger partial charge in [-0.1, -0.05) is 0 Å². The number of hydrogen-bond donors (Lipinski definition) is 0. The van der Waals surface area contributed by atoms with Crippen molar-refractivity contribution in [2.24, 2.45) is 0 Å². The maximum Gasteiger partial charge on any atom is 0.264 e. The van der Waals surface area contributed by atoms with E-state index in [9.17, 15) is 8.78 Å². The average Bonchev–Trinajstić information content (AvgIpc) is 2.08. The molecule has 0 atom stereocenters. The third kappa shape index (κ3) is 2.59. The highest BCUT2D eigenvalue weighted by molar-refractivity contribution is 14.1. The van der Waals surface area contributed by atoms with Crippen LogP contribution in [0.5, 0.6) is 0 Å². The molecule has 5 heteroatoms. The Kier molecular flexibility index (Phi) is 3.54. The van der Waals surface area contributed by atoms with Gasteiger partial charge in [0.2, 0.25) is 0 Å². The Bertz CT molecular complexity index is 346. The molecule has 1 aromatic heterocycles. The number of pyridine rings is 1. The molecule has 0 radical (unpaired) electrons. The van der Waals surface area contributed by atoms with Crippen molar-refractivity contribution < 1.29 is 8.78 Å². The number of rotatable bonds is 2. The zero-order valence-electron chi connectivity index (χ0n) is 6.47. The summed E-state index contributed by atoms with van der Waals surface area (Å²) >= 11 is 1.80. The van der Waals surface area contributed by atoms with Crippen molar-refractivity contribution >= 4 is 22.6 Å². The van der Waals surface area contributed by atoms with E-state index in [4.69, 9.17) is 5.26 Å². The zero-order chi connectivity index (χ0) is 9.84. The molecule has 1 aromatic rings. The number of aromatic nitrogens is 1. The van der Waals surface area contributed by atoms with E-state index in [1.807, 2.05) is 6.07 Å². The van der Waals surface area contributed by atoms with Crippen molar-refractivity contribution in [3.63, 3.8) is 0 Å². The normalized spacial score (nSPS) is 10.1. The summed E-state index contributed by atoms with van der Waals surface area (Å²) in [6.45, 7) is 0. The Hall–Kier alpha value is -0.770. The molecule has 0 aromatic carbocycles. The van der Waals surface area contributed by atoms with Crippen LogP contribution in [0.3, 0.4) is 0 Å². The van der Waals surface area contributed by atoms with Gasteiger partial charge >= 0.3 is 0 Å². The molecule has 1 rings (SSSR count). The molecule has 0 amide bonds. The lowest BCUT2D eigenvalue weighted by Crippen LogP contribution is -1.95. The van der Waals surface area contributed by atoms with Gasteiger partial charge in [-0.05, 0) is 28.7 Å². The Morgan fingerprint density at radius 2 is 2.31 bits per heavy atom. The van der Waals surface area contributed by atoms with E-state index in [0.717, 1.165) is 0 Å². The third-order valence-corrected chi connectivity index (χ3v) is 2.34. The van der Waals surface area contributed by atoms with Crippen LogP contribution in [0.1, 0.15) is 17.7 Å². The SMILES string of the molecule is N#CCc1cc(C(F)F)c(I)cn1. The Balaban J connectivity index is 3.05. The summed E-state index contributed by atoms with van der Waals surface area (Å²) in [5, 5.41) is 8.34. The standard InChI is InChI=1S/C8H5F2IN2/c9-8(10)6-3-5(1-2-12)13-4-7(6)11/h3-4,8H,1H2. The molecule has 0 aliphatic heterocycles. The number of hydrogen-bond acceptors (Lipinski definition) is 2. The minimum Gasteiger partial charge on any atom is -0.259 e. The molecule has 0 aliphatic carbocycles. The summed E-state index contributed by atoms with van der Waals surface area (Å²) < 4.78 is 25.1. The van der Waals surface area contributed by atoms with Crippen LogP contribution in [0, 0.1) is 14.9 Å². The Morgan fingerprint density at radius 3 is 2.85 bits per heavy atom. The van der Waals surface area contributed by atoms with Gasteiger partial charge in [-0.25, -0.2) is 8.78 Å². The molecule has 1 heterocycles. The van der Waals surface area contributed by atoms with Crippen molar-refractivity contribution in [2.75, 3.05) is 0 Å². The van der Waals surface area contributed by atoms with Gasteiger partial charge in [0.1, 0.15) is 0 Å². The van der Waals surface area contributed by atoms with E-state index in [0.29, 0.717) is 9.26 Å².